The molecule has 102 valence electrons. The summed E-state index contributed by atoms with van der Waals surface area (Å²) in [5, 5.41) is 0. The van der Waals surface area contributed by atoms with E-state index in [4.69, 9.17) is 5.73 Å². The van der Waals surface area contributed by atoms with Crippen LogP contribution in [0, 0.1) is 11.8 Å². The normalized spacial score (nSPS) is 13.8. The molecule has 4 nitrogen and oxygen atoms in total. The van der Waals surface area contributed by atoms with Gasteiger partial charge in [-0.2, -0.15) is 0 Å². The second-order valence-corrected chi connectivity index (χ2v) is 5.05. The van der Waals surface area contributed by atoms with Crippen LogP contribution in [0.25, 0.3) is 0 Å². The van der Waals surface area contributed by atoms with Crippen LogP contribution < -0.4 is 11.4 Å². The maximum atomic E-state index is 12.2. The fourth-order valence-electron chi connectivity index (χ4n) is 2.28. The summed E-state index contributed by atoms with van der Waals surface area (Å²) in [4.78, 5) is 12.2. The van der Waals surface area contributed by atoms with E-state index in [9.17, 15) is 4.79 Å². The molecule has 1 aliphatic rings. The van der Waals surface area contributed by atoms with Crippen LogP contribution in [0.1, 0.15) is 30.0 Å². The third-order valence-electron chi connectivity index (χ3n) is 3.43. The fraction of sp³-hybridized carbons (Fsp3) is 0.312. The monoisotopic (exact) mass is 267 g/mol. The number of nitrogens with two attached hydrogens (primary N) is 1. The van der Waals surface area contributed by atoms with Crippen molar-refractivity contribution >= 4 is 0 Å². The Kier molecular flexibility index (Phi) is 3.44. The van der Waals surface area contributed by atoms with Gasteiger partial charge >= 0.3 is 5.69 Å². The Morgan fingerprint density at radius 1 is 1.30 bits per heavy atom. The van der Waals surface area contributed by atoms with Crippen molar-refractivity contribution in [3.05, 3.63) is 58.3 Å². The van der Waals surface area contributed by atoms with Crippen LogP contribution in [-0.4, -0.2) is 15.7 Å². The van der Waals surface area contributed by atoms with Crippen LogP contribution in [0.2, 0.25) is 0 Å². The Morgan fingerprint density at radius 2 is 2.15 bits per heavy atom. The van der Waals surface area contributed by atoms with Crippen LogP contribution in [-0.2, 0) is 6.54 Å². The number of aromatic nitrogens is 2. The molecule has 0 atom stereocenters. The van der Waals surface area contributed by atoms with Gasteiger partial charge in [0.1, 0.15) is 0 Å². The molecule has 3 rings (SSSR count). The molecule has 0 radical (unpaired) electrons. The number of nitrogens with zero attached hydrogens (tertiary/aromatic N) is 2. The van der Waals surface area contributed by atoms with Gasteiger partial charge in [0.25, 0.3) is 0 Å². The lowest BCUT2D eigenvalue weighted by atomic mass is 10.1. The molecular weight excluding hydrogens is 250 g/mol. The summed E-state index contributed by atoms with van der Waals surface area (Å²) in [6.45, 7) is 0.935. The van der Waals surface area contributed by atoms with Gasteiger partial charge in [-0.1, -0.05) is 24.0 Å². The van der Waals surface area contributed by atoms with E-state index in [-0.39, 0.29) is 5.69 Å². The van der Waals surface area contributed by atoms with Crippen LogP contribution in [0.3, 0.4) is 0 Å². The molecule has 1 aromatic carbocycles. The number of hydrogen-bond acceptors (Lipinski definition) is 2. The van der Waals surface area contributed by atoms with Gasteiger partial charge in [0, 0.05) is 24.0 Å². The molecule has 1 aromatic heterocycles. The minimum absolute atomic E-state index is 0.0749. The van der Waals surface area contributed by atoms with Crippen molar-refractivity contribution in [2.75, 3.05) is 6.54 Å². The first-order chi connectivity index (χ1) is 9.78. The molecule has 20 heavy (non-hydrogen) atoms. The highest BCUT2D eigenvalue weighted by atomic mass is 16.1. The Hall–Kier alpha value is -2.25. The van der Waals surface area contributed by atoms with Crippen LogP contribution in [0.5, 0.6) is 0 Å². The SMILES string of the molecule is NCC#Cc1cccc(Cn2ccn(C3CC3)c2=O)c1. The number of rotatable bonds is 3. The molecule has 0 aliphatic heterocycles. The van der Waals surface area contributed by atoms with E-state index in [0.717, 1.165) is 24.0 Å². The Labute approximate surface area is 117 Å². The summed E-state index contributed by atoms with van der Waals surface area (Å²) in [6.07, 6.45) is 5.99. The molecule has 2 N–H and O–H groups in total. The van der Waals surface area contributed by atoms with Crippen LogP contribution in [0.4, 0.5) is 0 Å². The maximum absolute atomic E-state index is 12.2. The molecule has 1 heterocycles. The average Bonchev–Trinajstić information content (AvgIpc) is 3.24. The number of benzene rings is 1. The van der Waals surface area contributed by atoms with Crippen LogP contribution in [0.15, 0.2) is 41.5 Å². The van der Waals surface area contributed by atoms with Gasteiger partial charge in [-0.3, -0.25) is 9.13 Å². The first-order valence-corrected chi connectivity index (χ1v) is 6.83. The summed E-state index contributed by atoms with van der Waals surface area (Å²) in [6, 6.07) is 8.34. The zero-order valence-corrected chi connectivity index (χ0v) is 11.2. The van der Waals surface area contributed by atoms with Gasteiger partial charge in [0.15, 0.2) is 0 Å². The Bertz CT molecular complexity index is 726. The quantitative estimate of drug-likeness (QED) is 0.853. The smallest absolute Gasteiger partial charge is 0.320 e. The predicted molar refractivity (Wildman–Crippen MR) is 78.4 cm³/mol. The number of imidazole rings is 1. The largest absolute Gasteiger partial charge is 0.328 e. The minimum atomic E-state index is 0.0749. The summed E-state index contributed by atoms with van der Waals surface area (Å²) in [7, 11) is 0. The summed E-state index contributed by atoms with van der Waals surface area (Å²) in [5.74, 6) is 5.85. The van der Waals surface area contributed by atoms with Gasteiger partial charge in [0.05, 0.1) is 13.1 Å². The molecule has 0 spiro atoms. The lowest BCUT2D eigenvalue weighted by molar-refractivity contribution is 0.656. The Balaban J connectivity index is 1.82. The Morgan fingerprint density at radius 3 is 2.90 bits per heavy atom. The van der Waals surface area contributed by atoms with Crippen molar-refractivity contribution < 1.29 is 0 Å². The molecule has 2 aromatic rings. The average molecular weight is 267 g/mol. The highest BCUT2D eigenvalue weighted by Crippen LogP contribution is 2.33. The van der Waals surface area contributed by atoms with E-state index in [1.54, 1.807) is 4.57 Å². The lowest BCUT2D eigenvalue weighted by Crippen LogP contribution is -2.23. The van der Waals surface area contributed by atoms with Crippen molar-refractivity contribution in [2.45, 2.75) is 25.4 Å². The van der Waals surface area contributed by atoms with E-state index >= 15 is 0 Å². The second kappa shape index (κ2) is 5.40. The molecule has 0 unspecified atom stereocenters. The standard InChI is InChI=1S/C16H17N3O/c17-8-2-5-13-3-1-4-14(11-13)12-18-9-10-19(16(18)20)15-6-7-15/h1,3-4,9-11,15H,6-8,12,17H2. The van der Waals surface area contributed by atoms with Gasteiger partial charge in [-0.25, -0.2) is 4.79 Å². The summed E-state index contributed by atoms with van der Waals surface area (Å²) < 4.78 is 3.58. The highest BCUT2D eigenvalue weighted by molar-refractivity contribution is 5.37. The predicted octanol–water partition coefficient (Wildman–Crippen LogP) is 1.34. The molecule has 1 saturated carbocycles. The third-order valence-corrected chi connectivity index (χ3v) is 3.43. The van der Waals surface area contributed by atoms with E-state index in [1.165, 1.54) is 0 Å². The van der Waals surface area contributed by atoms with Gasteiger partial charge in [-0.05, 0) is 30.5 Å². The topological polar surface area (TPSA) is 52.9 Å². The second-order valence-electron chi connectivity index (χ2n) is 5.05. The first-order valence-electron chi connectivity index (χ1n) is 6.83. The zero-order chi connectivity index (χ0) is 13.9. The van der Waals surface area contributed by atoms with E-state index in [0.29, 0.717) is 19.1 Å². The van der Waals surface area contributed by atoms with Gasteiger partial charge in [-0.15, -0.1) is 0 Å². The van der Waals surface area contributed by atoms with Crippen molar-refractivity contribution in [2.24, 2.45) is 5.73 Å². The van der Waals surface area contributed by atoms with Crippen molar-refractivity contribution in [3.8, 4) is 11.8 Å². The van der Waals surface area contributed by atoms with Crippen molar-refractivity contribution in [3.63, 3.8) is 0 Å². The zero-order valence-electron chi connectivity index (χ0n) is 11.2. The lowest BCUT2D eigenvalue weighted by Gasteiger charge is -2.03. The van der Waals surface area contributed by atoms with Gasteiger partial charge in [0.2, 0.25) is 0 Å². The van der Waals surface area contributed by atoms with E-state index < -0.39 is 0 Å². The fourth-order valence-corrected chi connectivity index (χ4v) is 2.28. The maximum Gasteiger partial charge on any atom is 0.328 e. The highest BCUT2D eigenvalue weighted by Gasteiger charge is 2.25. The summed E-state index contributed by atoms with van der Waals surface area (Å²) >= 11 is 0. The van der Waals surface area contributed by atoms with E-state index in [2.05, 4.69) is 11.8 Å². The summed E-state index contributed by atoms with van der Waals surface area (Å²) in [5.41, 5.74) is 7.45. The molecule has 0 amide bonds. The molecule has 4 heteroatoms. The molecule has 1 aliphatic carbocycles. The third kappa shape index (κ3) is 2.68. The van der Waals surface area contributed by atoms with Crippen LogP contribution >= 0.6 is 0 Å². The molecule has 0 saturated heterocycles. The minimum Gasteiger partial charge on any atom is -0.320 e. The van der Waals surface area contributed by atoms with Gasteiger partial charge < -0.3 is 5.73 Å². The van der Waals surface area contributed by atoms with Crippen molar-refractivity contribution in [1.82, 2.24) is 9.13 Å². The van der Waals surface area contributed by atoms with E-state index in [1.807, 2.05) is 41.2 Å². The molecular formula is C16H17N3O. The van der Waals surface area contributed by atoms with Crippen molar-refractivity contribution in [1.29, 1.82) is 0 Å². The first kappa shape index (κ1) is 12.8. The molecule has 0 bridgehead atoms. The number of hydrogen-bond donors (Lipinski definition) is 1. The molecule has 1 fully saturated rings.